The van der Waals surface area contributed by atoms with Gasteiger partial charge in [0.25, 0.3) is 0 Å². The van der Waals surface area contributed by atoms with Gasteiger partial charge < -0.3 is 5.32 Å². The van der Waals surface area contributed by atoms with E-state index in [2.05, 4.69) is 10.3 Å². The van der Waals surface area contributed by atoms with Gasteiger partial charge in [0.1, 0.15) is 0 Å². The molecular weight excluding hydrogens is 329 g/mol. The van der Waals surface area contributed by atoms with Crippen LogP contribution in [0.2, 0.25) is 0 Å². The average Bonchev–Trinajstić information content (AvgIpc) is 2.54. The Hall–Kier alpha value is -2.37. The summed E-state index contributed by atoms with van der Waals surface area (Å²) in [5.41, 5.74) is 0.117. The molecule has 1 heterocycles. The molecule has 0 bridgehead atoms. The molecule has 0 spiro atoms. The molecule has 0 saturated heterocycles. The van der Waals surface area contributed by atoms with Crippen molar-refractivity contribution in [1.29, 1.82) is 0 Å². The molecule has 0 radical (unpaired) electrons. The Kier molecular flexibility index (Phi) is 5.50. The number of nitrogens with zero attached hydrogens (tertiary/aromatic N) is 1. The third-order valence-electron chi connectivity index (χ3n) is 4.06. The van der Waals surface area contributed by atoms with Crippen LogP contribution in [0.3, 0.4) is 0 Å². The van der Waals surface area contributed by atoms with Crippen LogP contribution in [0.4, 0.5) is 13.2 Å². The predicted octanol–water partition coefficient (Wildman–Crippen LogP) is 4.65. The van der Waals surface area contributed by atoms with Gasteiger partial charge in [-0.15, -0.1) is 0 Å². The Morgan fingerprint density at radius 2 is 1.76 bits per heavy atom. The van der Waals surface area contributed by atoms with Crippen LogP contribution in [0.5, 0.6) is 0 Å². The highest BCUT2D eigenvalue weighted by atomic mass is 19.4. The van der Waals surface area contributed by atoms with Crippen molar-refractivity contribution in [3.63, 3.8) is 0 Å². The first-order valence-corrected chi connectivity index (χ1v) is 7.99. The summed E-state index contributed by atoms with van der Waals surface area (Å²) in [6.07, 6.45) is -2.51. The largest absolute Gasteiger partial charge is 0.416 e. The quantitative estimate of drug-likeness (QED) is 0.853. The number of aromatic nitrogens is 1. The number of hydrogen-bond acceptors (Lipinski definition) is 2. The minimum Gasteiger partial charge on any atom is -0.346 e. The van der Waals surface area contributed by atoms with Gasteiger partial charge in [-0.2, -0.15) is 13.2 Å². The molecule has 2 rings (SSSR count). The molecule has 0 aliphatic carbocycles. The van der Waals surface area contributed by atoms with Crippen LogP contribution in [0, 0.1) is 0 Å². The summed E-state index contributed by atoms with van der Waals surface area (Å²) in [5, 5.41) is 2.93. The highest BCUT2D eigenvalue weighted by Crippen LogP contribution is 2.30. The van der Waals surface area contributed by atoms with Crippen LogP contribution in [-0.2, 0) is 16.5 Å². The summed E-state index contributed by atoms with van der Waals surface area (Å²) in [7, 11) is 0. The Morgan fingerprint density at radius 1 is 1.12 bits per heavy atom. The highest BCUT2D eigenvalue weighted by Gasteiger charge is 2.30. The molecule has 3 nitrogen and oxygen atoms in total. The molecule has 6 heteroatoms. The van der Waals surface area contributed by atoms with Gasteiger partial charge in [-0.1, -0.05) is 25.1 Å². The molecule has 0 aliphatic heterocycles. The van der Waals surface area contributed by atoms with Gasteiger partial charge in [-0.25, -0.2) is 0 Å². The second kappa shape index (κ2) is 7.25. The fourth-order valence-corrected chi connectivity index (χ4v) is 2.59. The molecule has 2 aromatic rings. The lowest BCUT2D eigenvalue weighted by Crippen LogP contribution is -2.41. The van der Waals surface area contributed by atoms with Gasteiger partial charge >= 0.3 is 6.18 Å². The Labute approximate surface area is 145 Å². The molecule has 0 unspecified atom stereocenters. The van der Waals surface area contributed by atoms with E-state index < -0.39 is 17.3 Å². The van der Waals surface area contributed by atoms with Crippen LogP contribution >= 0.6 is 0 Å². The Bertz CT molecular complexity index is 710. The molecule has 25 heavy (non-hydrogen) atoms. The zero-order valence-corrected chi connectivity index (χ0v) is 14.4. The lowest BCUT2D eigenvalue weighted by molar-refractivity contribution is -0.137. The summed E-state index contributed by atoms with van der Waals surface area (Å²) in [4.78, 5) is 16.6. The van der Waals surface area contributed by atoms with Crippen molar-refractivity contribution in [2.75, 3.05) is 0 Å². The first-order chi connectivity index (χ1) is 11.6. The lowest BCUT2D eigenvalue weighted by Gasteiger charge is -2.26. The number of alkyl halides is 3. The third kappa shape index (κ3) is 5.05. The molecule has 1 amide bonds. The first kappa shape index (κ1) is 19.0. The molecule has 1 aromatic heterocycles. The van der Waals surface area contributed by atoms with Gasteiger partial charge in [0.15, 0.2) is 0 Å². The topological polar surface area (TPSA) is 42.0 Å². The van der Waals surface area contributed by atoms with Crippen LogP contribution in [-0.4, -0.2) is 10.9 Å². The third-order valence-corrected chi connectivity index (χ3v) is 4.06. The fraction of sp³-hybridized carbons (Fsp3) is 0.368. The molecule has 0 fully saturated rings. The number of carbonyl (C=O) groups excluding carboxylic acids is 1. The van der Waals surface area contributed by atoms with Crippen molar-refractivity contribution in [3.8, 4) is 0 Å². The van der Waals surface area contributed by atoms with Crippen molar-refractivity contribution >= 4 is 5.91 Å². The van der Waals surface area contributed by atoms with Crippen molar-refractivity contribution in [2.24, 2.45) is 0 Å². The van der Waals surface area contributed by atoms with Gasteiger partial charge in [0, 0.05) is 12.6 Å². The monoisotopic (exact) mass is 350 g/mol. The number of benzene rings is 1. The van der Waals surface area contributed by atoms with E-state index in [0.717, 1.165) is 17.8 Å². The lowest BCUT2D eigenvalue weighted by atomic mass is 9.94. The number of hydrogen-bond donors (Lipinski definition) is 1. The van der Waals surface area contributed by atoms with E-state index in [9.17, 15) is 18.0 Å². The molecule has 134 valence electrons. The highest BCUT2D eigenvalue weighted by molar-refractivity contribution is 5.77. The van der Waals surface area contributed by atoms with Crippen molar-refractivity contribution < 1.29 is 18.0 Å². The second-order valence-electron chi connectivity index (χ2n) is 6.61. The van der Waals surface area contributed by atoms with Crippen LogP contribution in [0.1, 0.15) is 49.9 Å². The zero-order chi connectivity index (χ0) is 18.7. The Balaban J connectivity index is 2.00. The van der Waals surface area contributed by atoms with Gasteiger partial charge in [0.2, 0.25) is 5.91 Å². The standard InChI is InChI=1S/C19H21F3N2O/c1-13(14-7-9-15(10-8-14)19(20,21)22)12-17(25)24-18(2,3)16-6-4-5-11-23-16/h4-11,13H,12H2,1-3H3,(H,24,25)/t13-/m0/s1. The molecule has 1 N–H and O–H groups in total. The summed E-state index contributed by atoms with van der Waals surface area (Å²) in [6, 6.07) is 10.4. The van der Waals surface area contributed by atoms with Gasteiger partial charge in [-0.3, -0.25) is 9.78 Å². The molecule has 0 aliphatic rings. The van der Waals surface area contributed by atoms with E-state index in [1.807, 2.05) is 32.9 Å². The van der Waals surface area contributed by atoms with E-state index in [-0.39, 0.29) is 18.2 Å². The SMILES string of the molecule is C[C@@H](CC(=O)NC(C)(C)c1ccccn1)c1ccc(C(F)(F)F)cc1. The van der Waals surface area contributed by atoms with Crippen LogP contribution in [0.25, 0.3) is 0 Å². The van der Waals surface area contributed by atoms with E-state index >= 15 is 0 Å². The number of halogens is 3. The molecular formula is C19H21F3N2O. The summed E-state index contributed by atoms with van der Waals surface area (Å²) < 4.78 is 37.8. The maximum absolute atomic E-state index is 12.6. The van der Waals surface area contributed by atoms with Crippen LogP contribution in [0.15, 0.2) is 48.7 Å². The minimum atomic E-state index is -4.36. The number of rotatable bonds is 5. The molecule has 1 aromatic carbocycles. The summed E-state index contributed by atoms with van der Waals surface area (Å²) in [5.74, 6) is -0.370. The predicted molar refractivity (Wildman–Crippen MR) is 89.9 cm³/mol. The van der Waals surface area contributed by atoms with Crippen molar-refractivity contribution in [2.45, 2.75) is 44.8 Å². The average molecular weight is 350 g/mol. The minimum absolute atomic E-state index is 0.178. The zero-order valence-electron chi connectivity index (χ0n) is 14.4. The van der Waals surface area contributed by atoms with Gasteiger partial charge in [0.05, 0.1) is 16.8 Å². The maximum Gasteiger partial charge on any atom is 0.416 e. The number of amides is 1. The van der Waals surface area contributed by atoms with E-state index in [1.165, 1.54) is 12.1 Å². The van der Waals surface area contributed by atoms with Crippen LogP contribution < -0.4 is 5.32 Å². The smallest absolute Gasteiger partial charge is 0.346 e. The molecule has 1 atom stereocenters. The van der Waals surface area contributed by atoms with E-state index in [1.54, 1.807) is 12.3 Å². The van der Waals surface area contributed by atoms with Crippen molar-refractivity contribution in [3.05, 3.63) is 65.5 Å². The molecule has 0 saturated carbocycles. The summed E-state index contributed by atoms with van der Waals surface area (Å²) in [6.45, 7) is 5.53. The van der Waals surface area contributed by atoms with Gasteiger partial charge in [-0.05, 0) is 49.6 Å². The van der Waals surface area contributed by atoms with E-state index in [4.69, 9.17) is 0 Å². The maximum atomic E-state index is 12.6. The number of carbonyl (C=O) groups is 1. The number of pyridine rings is 1. The van der Waals surface area contributed by atoms with Crippen molar-refractivity contribution in [1.82, 2.24) is 10.3 Å². The van der Waals surface area contributed by atoms with E-state index in [0.29, 0.717) is 5.56 Å². The Morgan fingerprint density at radius 3 is 2.28 bits per heavy atom. The number of nitrogens with one attached hydrogen (secondary N) is 1. The summed E-state index contributed by atoms with van der Waals surface area (Å²) >= 11 is 0. The first-order valence-electron chi connectivity index (χ1n) is 7.99. The normalized spacial score (nSPS) is 13.4. The fourth-order valence-electron chi connectivity index (χ4n) is 2.59. The second-order valence-corrected chi connectivity index (χ2v) is 6.61.